The number of aromatic nitrogens is 2. The van der Waals surface area contributed by atoms with E-state index < -0.39 is 0 Å². The van der Waals surface area contributed by atoms with Gasteiger partial charge in [0.2, 0.25) is 5.89 Å². The minimum atomic E-state index is -0.105. The number of hydrogen-bond acceptors (Lipinski definition) is 6. The van der Waals surface area contributed by atoms with Crippen LogP contribution in [-0.2, 0) is 16.0 Å². The molecule has 0 spiro atoms. The molecule has 1 fully saturated rings. The molecular formula is C16H28IN5O3. The van der Waals surface area contributed by atoms with Crippen molar-refractivity contribution in [3.05, 3.63) is 11.7 Å². The van der Waals surface area contributed by atoms with Crippen molar-refractivity contribution in [1.82, 2.24) is 20.4 Å². The molecule has 1 aromatic rings. The lowest BCUT2D eigenvalue weighted by Crippen LogP contribution is -2.46. The number of hydrogen-bond donors (Lipinski definition) is 1. The van der Waals surface area contributed by atoms with Crippen LogP contribution in [0, 0.1) is 12.8 Å². The molecule has 1 aliphatic rings. The van der Waals surface area contributed by atoms with Gasteiger partial charge in [0.05, 0.1) is 13.0 Å². The van der Waals surface area contributed by atoms with Crippen molar-refractivity contribution in [2.75, 3.05) is 33.3 Å². The molecule has 0 amide bonds. The molecule has 0 aliphatic carbocycles. The zero-order chi connectivity index (χ0) is 17.4. The van der Waals surface area contributed by atoms with Crippen LogP contribution >= 0.6 is 24.0 Å². The van der Waals surface area contributed by atoms with Crippen LogP contribution in [0.25, 0.3) is 0 Å². The molecule has 8 nitrogen and oxygen atoms in total. The third-order valence-corrected chi connectivity index (χ3v) is 4.04. The molecule has 0 aromatic carbocycles. The molecule has 1 N–H and O–H groups in total. The largest absolute Gasteiger partial charge is 0.469 e. The molecule has 0 bridgehead atoms. The van der Waals surface area contributed by atoms with Gasteiger partial charge >= 0.3 is 5.97 Å². The summed E-state index contributed by atoms with van der Waals surface area (Å²) in [7, 11) is 1.45. The molecule has 0 unspecified atom stereocenters. The molecule has 0 atom stereocenters. The van der Waals surface area contributed by atoms with Crippen LogP contribution in [0.3, 0.4) is 0 Å². The van der Waals surface area contributed by atoms with Gasteiger partial charge < -0.3 is 19.5 Å². The van der Waals surface area contributed by atoms with Gasteiger partial charge in [-0.3, -0.25) is 9.79 Å². The molecular weight excluding hydrogens is 437 g/mol. The van der Waals surface area contributed by atoms with Gasteiger partial charge in [0.1, 0.15) is 0 Å². The van der Waals surface area contributed by atoms with Crippen LogP contribution in [0.5, 0.6) is 0 Å². The van der Waals surface area contributed by atoms with Crippen molar-refractivity contribution in [3.63, 3.8) is 0 Å². The van der Waals surface area contributed by atoms with E-state index in [-0.39, 0.29) is 35.9 Å². The molecule has 0 saturated carbocycles. The number of ether oxygens (including phenoxy) is 1. The Bertz CT molecular complexity index is 556. The Hall–Kier alpha value is -1.39. The normalized spacial score (nSPS) is 15.6. The average Bonchev–Trinajstić information content (AvgIpc) is 3.02. The zero-order valence-corrected chi connectivity index (χ0v) is 17.5. The minimum absolute atomic E-state index is 0. The van der Waals surface area contributed by atoms with Crippen LogP contribution in [-0.4, -0.2) is 60.3 Å². The van der Waals surface area contributed by atoms with Gasteiger partial charge in [0.15, 0.2) is 11.8 Å². The first kappa shape index (κ1) is 21.7. The monoisotopic (exact) mass is 465 g/mol. The summed E-state index contributed by atoms with van der Waals surface area (Å²) >= 11 is 0. The van der Waals surface area contributed by atoms with E-state index in [4.69, 9.17) is 9.26 Å². The van der Waals surface area contributed by atoms with Crippen LogP contribution in [0.4, 0.5) is 0 Å². The first-order chi connectivity index (χ1) is 11.6. The van der Waals surface area contributed by atoms with E-state index in [1.807, 2.05) is 6.92 Å². The first-order valence-electron chi connectivity index (χ1n) is 8.54. The summed E-state index contributed by atoms with van der Waals surface area (Å²) in [5.41, 5.74) is 0. The second kappa shape index (κ2) is 11.3. The number of carbonyl (C=O) groups excluding carboxylic acids is 1. The fourth-order valence-corrected chi connectivity index (χ4v) is 2.78. The number of methoxy groups -OCH3 is 1. The van der Waals surface area contributed by atoms with E-state index in [2.05, 4.69) is 32.3 Å². The van der Waals surface area contributed by atoms with Gasteiger partial charge in [-0.1, -0.05) is 5.16 Å². The minimum Gasteiger partial charge on any atom is -0.469 e. The first-order valence-corrected chi connectivity index (χ1v) is 8.54. The number of carbonyl (C=O) groups is 1. The van der Waals surface area contributed by atoms with E-state index in [1.54, 1.807) is 0 Å². The Balaban J connectivity index is 0.00000312. The maximum atomic E-state index is 11.6. The number of aliphatic imine (C=N–C) groups is 1. The maximum absolute atomic E-state index is 11.6. The van der Waals surface area contributed by atoms with Crippen molar-refractivity contribution in [1.29, 1.82) is 0 Å². The highest BCUT2D eigenvalue weighted by atomic mass is 127. The molecule has 9 heteroatoms. The lowest BCUT2D eigenvalue weighted by atomic mass is 9.97. The second-order valence-corrected chi connectivity index (χ2v) is 5.86. The summed E-state index contributed by atoms with van der Waals surface area (Å²) in [5, 5.41) is 7.10. The number of likely N-dealkylation sites (tertiary alicyclic amines) is 1. The molecule has 1 aromatic heterocycles. The van der Waals surface area contributed by atoms with Gasteiger partial charge in [-0.2, -0.15) is 4.98 Å². The Morgan fingerprint density at radius 1 is 1.44 bits per heavy atom. The fraction of sp³-hybridized carbons (Fsp3) is 0.750. The quantitative estimate of drug-likeness (QED) is 0.225. The predicted octanol–water partition coefficient (Wildman–Crippen LogP) is 1.78. The molecule has 1 saturated heterocycles. The smallest absolute Gasteiger partial charge is 0.308 e. The van der Waals surface area contributed by atoms with Crippen LogP contribution < -0.4 is 5.32 Å². The Kier molecular flexibility index (Phi) is 9.76. The topological polar surface area (TPSA) is 92.9 Å². The standard InChI is InChI=1S/C16H27N5O3.HI/c1-4-17-16(18-9-5-6-14-19-12(2)20-24-14)21-10-7-13(8-11-21)15(22)23-3;/h13H,4-11H2,1-3H3,(H,17,18);1H. The summed E-state index contributed by atoms with van der Waals surface area (Å²) in [6.45, 7) is 7.01. The molecule has 0 radical (unpaired) electrons. The number of nitrogens with one attached hydrogen (secondary N) is 1. The lowest BCUT2D eigenvalue weighted by molar-refractivity contribution is -0.146. The van der Waals surface area contributed by atoms with E-state index >= 15 is 0 Å². The number of esters is 1. The van der Waals surface area contributed by atoms with Crippen molar-refractivity contribution >= 4 is 35.9 Å². The molecule has 142 valence electrons. The van der Waals surface area contributed by atoms with Crippen LogP contribution in [0.1, 0.15) is 37.9 Å². The number of aryl methyl sites for hydroxylation is 2. The number of guanidine groups is 1. The number of nitrogens with zero attached hydrogens (tertiary/aromatic N) is 4. The Morgan fingerprint density at radius 3 is 2.72 bits per heavy atom. The Labute approximate surface area is 165 Å². The Morgan fingerprint density at radius 2 is 2.16 bits per heavy atom. The highest BCUT2D eigenvalue weighted by Crippen LogP contribution is 2.18. The zero-order valence-electron chi connectivity index (χ0n) is 15.2. The number of rotatable bonds is 6. The van der Waals surface area contributed by atoms with Gasteiger partial charge in [-0.25, -0.2) is 0 Å². The van der Waals surface area contributed by atoms with Crippen molar-refractivity contribution in [2.24, 2.45) is 10.9 Å². The van der Waals surface area contributed by atoms with E-state index in [0.29, 0.717) is 18.3 Å². The fourth-order valence-electron chi connectivity index (χ4n) is 2.78. The third-order valence-electron chi connectivity index (χ3n) is 4.04. The maximum Gasteiger partial charge on any atom is 0.308 e. The van der Waals surface area contributed by atoms with Crippen molar-refractivity contribution in [3.8, 4) is 0 Å². The van der Waals surface area contributed by atoms with Crippen LogP contribution in [0.15, 0.2) is 9.52 Å². The van der Waals surface area contributed by atoms with Gasteiger partial charge in [0, 0.05) is 32.6 Å². The molecule has 2 rings (SSSR count). The molecule has 25 heavy (non-hydrogen) atoms. The average molecular weight is 465 g/mol. The SMILES string of the molecule is CCNC(=NCCCc1nc(C)no1)N1CCC(C(=O)OC)CC1.I. The van der Waals surface area contributed by atoms with Gasteiger partial charge in [-0.15, -0.1) is 24.0 Å². The molecule has 2 heterocycles. The summed E-state index contributed by atoms with van der Waals surface area (Å²) in [6.07, 6.45) is 3.19. The van der Waals surface area contributed by atoms with Crippen LogP contribution in [0.2, 0.25) is 0 Å². The predicted molar refractivity (Wildman–Crippen MR) is 105 cm³/mol. The molecule has 1 aliphatic heterocycles. The summed E-state index contributed by atoms with van der Waals surface area (Å²) < 4.78 is 9.93. The summed E-state index contributed by atoms with van der Waals surface area (Å²) in [6, 6.07) is 0. The van der Waals surface area contributed by atoms with E-state index in [1.165, 1.54) is 7.11 Å². The van der Waals surface area contributed by atoms with Crippen molar-refractivity contribution in [2.45, 2.75) is 39.5 Å². The summed E-state index contributed by atoms with van der Waals surface area (Å²) in [4.78, 5) is 22.7. The summed E-state index contributed by atoms with van der Waals surface area (Å²) in [5.74, 6) is 2.13. The van der Waals surface area contributed by atoms with Gasteiger partial charge in [-0.05, 0) is 33.1 Å². The van der Waals surface area contributed by atoms with Gasteiger partial charge in [0.25, 0.3) is 0 Å². The van der Waals surface area contributed by atoms with E-state index in [0.717, 1.165) is 51.3 Å². The second-order valence-electron chi connectivity index (χ2n) is 5.86. The highest BCUT2D eigenvalue weighted by molar-refractivity contribution is 14.0. The number of piperidine rings is 1. The lowest BCUT2D eigenvalue weighted by Gasteiger charge is -2.33. The highest BCUT2D eigenvalue weighted by Gasteiger charge is 2.26. The van der Waals surface area contributed by atoms with Crippen molar-refractivity contribution < 1.29 is 14.1 Å². The third kappa shape index (κ3) is 6.79. The van der Waals surface area contributed by atoms with E-state index in [9.17, 15) is 4.79 Å². The number of halogens is 1.